The molecular formula is C16H21N3O3. The first-order valence-electron chi connectivity index (χ1n) is 7.35. The molecule has 1 aliphatic rings. The van der Waals surface area contributed by atoms with Crippen LogP contribution in [0.1, 0.15) is 49.8 Å². The van der Waals surface area contributed by atoms with E-state index < -0.39 is 17.9 Å². The van der Waals surface area contributed by atoms with Gasteiger partial charge in [0.25, 0.3) is 5.91 Å². The van der Waals surface area contributed by atoms with E-state index in [4.69, 9.17) is 0 Å². The van der Waals surface area contributed by atoms with E-state index in [1.807, 2.05) is 6.07 Å². The van der Waals surface area contributed by atoms with Crippen molar-refractivity contribution in [3.63, 3.8) is 0 Å². The van der Waals surface area contributed by atoms with Crippen LogP contribution in [-0.2, 0) is 16.0 Å². The molecule has 1 atom stereocenters. The molecule has 0 bridgehead atoms. The third kappa shape index (κ3) is 4.38. The maximum atomic E-state index is 12.2. The maximum Gasteiger partial charge on any atom is 0.270 e. The van der Waals surface area contributed by atoms with Crippen molar-refractivity contribution in [2.45, 2.75) is 46.1 Å². The Morgan fingerprint density at radius 2 is 2.09 bits per heavy atom. The van der Waals surface area contributed by atoms with E-state index in [0.717, 1.165) is 12.1 Å². The van der Waals surface area contributed by atoms with Crippen LogP contribution in [0.5, 0.6) is 0 Å². The fraction of sp³-hybridized carbons (Fsp3) is 0.500. The topological polar surface area (TPSA) is 88.2 Å². The lowest BCUT2D eigenvalue weighted by Gasteiger charge is -2.22. The van der Waals surface area contributed by atoms with Crippen LogP contribution >= 0.6 is 0 Å². The summed E-state index contributed by atoms with van der Waals surface area (Å²) in [6, 6.07) is 4.60. The van der Waals surface area contributed by atoms with Gasteiger partial charge in [-0.05, 0) is 30.4 Å². The van der Waals surface area contributed by atoms with E-state index >= 15 is 0 Å². The number of hydrogen-bond acceptors (Lipinski definition) is 4. The van der Waals surface area contributed by atoms with Gasteiger partial charge in [0.05, 0.1) is 0 Å². The Morgan fingerprint density at radius 1 is 1.36 bits per heavy atom. The van der Waals surface area contributed by atoms with Gasteiger partial charge in [-0.1, -0.05) is 26.8 Å². The number of amides is 3. The Hall–Kier alpha value is -2.24. The van der Waals surface area contributed by atoms with Crippen LogP contribution in [0.25, 0.3) is 0 Å². The van der Waals surface area contributed by atoms with Crippen molar-refractivity contribution < 1.29 is 14.4 Å². The molecule has 6 heteroatoms. The number of nitrogens with one attached hydrogen (secondary N) is 2. The van der Waals surface area contributed by atoms with Crippen molar-refractivity contribution in [3.8, 4) is 0 Å². The summed E-state index contributed by atoms with van der Waals surface area (Å²) >= 11 is 0. The van der Waals surface area contributed by atoms with Crippen molar-refractivity contribution in [2.75, 3.05) is 0 Å². The summed E-state index contributed by atoms with van der Waals surface area (Å²) in [6.07, 6.45) is 1.30. The first-order valence-corrected chi connectivity index (χ1v) is 7.35. The fourth-order valence-electron chi connectivity index (χ4n) is 2.31. The first-order chi connectivity index (χ1) is 10.2. The van der Waals surface area contributed by atoms with Gasteiger partial charge in [-0.25, -0.2) is 4.98 Å². The van der Waals surface area contributed by atoms with E-state index in [1.54, 1.807) is 12.1 Å². The van der Waals surface area contributed by atoms with Crippen molar-refractivity contribution >= 4 is 17.7 Å². The molecule has 1 fully saturated rings. The standard InChI is InChI=1S/C16H21N3O3/c1-16(2,3)9-10-5-4-6-11(17-10)14(21)18-12-7-8-13(20)19-15(12)22/h4-6,12H,7-9H2,1-3H3,(H,18,21)(H,19,20,22). The highest BCUT2D eigenvalue weighted by Crippen LogP contribution is 2.19. The summed E-state index contributed by atoms with van der Waals surface area (Å²) < 4.78 is 0. The predicted octanol–water partition coefficient (Wildman–Crippen LogP) is 1.21. The number of rotatable bonds is 3. The Morgan fingerprint density at radius 3 is 2.73 bits per heavy atom. The number of aromatic nitrogens is 1. The van der Waals surface area contributed by atoms with Crippen molar-refractivity contribution in [3.05, 3.63) is 29.6 Å². The highest BCUT2D eigenvalue weighted by Gasteiger charge is 2.28. The molecule has 0 spiro atoms. The van der Waals surface area contributed by atoms with Crippen LogP contribution in [-0.4, -0.2) is 28.7 Å². The third-order valence-corrected chi connectivity index (χ3v) is 3.30. The first kappa shape index (κ1) is 16.1. The molecule has 0 aromatic carbocycles. The zero-order valence-electron chi connectivity index (χ0n) is 13.1. The second kappa shape index (κ2) is 6.25. The van der Waals surface area contributed by atoms with Crippen LogP contribution in [0.15, 0.2) is 18.2 Å². The number of hydrogen-bond donors (Lipinski definition) is 2. The van der Waals surface area contributed by atoms with E-state index in [2.05, 4.69) is 36.4 Å². The molecule has 2 rings (SSSR count). The van der Waals surface area contributed by atoms with E-state index in [-0.39, 0.29) is 23.4 Å². The van der Waals surface area contributed by atoms with Gasteiger partial charge < -0.3 is 5.32 Å². The molecule has 1 aliphatic heterocycles. The van der Waals surface area contributed by atoms with Gasteiger partial charge in [0, 0.05) is 12.1 Å². The van der Waals surface area contributed by atoms with Gasteiger partial charge in [0.2, 0.25) is 11.8 Å². The molecule has 0 radical (unpaired) electrons. The maximum absolute atomic E-state index is 12.2. The Balaban J connectivity index is 2.05. The number of pyridine rings is 1. The number of imide groups is 1. The molecule has 1 saturated heterocycles. The summed E-state index contributed by atoms with van der Waals surface area (Å²) in [5.41, 5.74) is 1.20. The van der Waals surface area contributed by atoms with Crippen LogP contribution in [0, 0.1) is 5.41 Å². The Kier molecular flexibility index (Phi) is 4.59. The van der Waals surface area contributed by atoms with Crippen LogP contribution in [0.4, 0.5) is 0 Å². The summed E-state index contributed by atoms with van der Waals surface area (Å²) in [7, 11) is 0. The average Bonchev–Trinajstić information content (AvgIpc) is 2.40. The molecule has 0 saturated carbocycles. The molecule has 2 heterocycles. The molecule has 1 aromatic rings. The minimum Gasteiger partial charge on any atom is -0.339 e. The Labute approximate surface area is 129 Å². The average molecular weight is 303 g/mol. The highest BCUT2D eigenvalue weighted by molar-refractivity contribution is 6.03. The van der Waals surface area contributed by atoms with E-state index in [1.165, 1.54) is 0 Å². The van der Waals surface area contributed by atoms with Crippen LogP contribution in [0.3, 0.4) is 0 Å². The normalized spacial score (nSPS) is 18.8. The largest absolute Gasteiger partial charge is 0.339 e. The minimum absolute atomic E-state index is 0.0751. The molecule has 118 valence electrons. The van der Waals surface area contributed by atoms with Crippen molar-refractivity contribution in [1.82, 2.24) is 15.6 Å². The zero-order chi connectivity index (χ0) is 16.3. The number of carbonyl (C=O) groups excluding carboxylic acids is 3. The summed E-state index contributed by atoms with van der Waals surface area (Å²) in [6.45, 7) is 6.31. The highest BCUT2D eigenvalue weighted by atomic mass is 16.2. The molecule has 2 N–H and O–H groups in total. The molecule has 0 aliphatic carbocycles. The molecule has 3 amide bonds. The molecule has 1 unspecified atom stereocenters. The monoisotopic (exact) mass is 303 g/mol. The smallest absolute Gasteiger partial charge is 0.270 e. The lowest BCUT2D eigenvalue weighted by atomic mass is 9.90. The fourth-order valence-corrected chi connectivity index (χ4v) is 2.31. The van der Waals surface area contributed by atoms with Gasteiger partial charge in [-0.15, -0.1) is 0 Å². The quantitative estimate of drug-likeness (QED) is 0.821. The Bertz CT molecular complexity index is 605. The SMILES string of the molecule is CC(C)(C)Cc1cccc(C(=O)NC2CCC(=O)NC2=O)n1. The number of nitrogens with zero attached hydrogens (tertiary/aromatic N) is 1. The van der Waals surface area contributed by atoms with Gasteiger partial charge in [-0.3, -0.25) is 19.7 Å². The van der Waals surface area contributed by atoms with E-state index in [9.17, 15) is 14.4 Å². The predicted molar refractivity (Wildman–Crippen MR) is 81.0 cm³/mol. The van der Waals surface area contributed by atoms with Gasteiger partial charge in [0.15, 0.2) is 0 Å². The molecular weight excluding hydrogens is 282 g/mol. The molecule has 1 aromatic heterocycles. The summed E-state index contributed by atoms with van der Waals surface area (Å²) in [5, 5.41) is 4.85. The molecule has 22 heavy (non-hydrogen) atoms. The van der Waals surface area contributed by atoms with E-state index in [0.29, 0.717) is 6.42 Å². The number of piperidine rings is 1. The van der Waals surface area contributed by atoms with Crippen LogP contribution < -0.4 is 10.6 Å². The lowest BCUT2D eigenvalue weighted by molar-refractivity contribution is -0.134. The lowest BCUT2D eigenvalue weighted by Crippen LogP contribution is -2.52. The van der Waals surface area contributed by atoms with Gasteiger partial charge in [0.1, 0.15) is 11.7 Å². The minimum atomic E-state index is -0.682. The second-order valence-electron chi connectivity index (χ2n) is 6.73. The second-order valence-corrected chi connectivity index (χ2v) is 6.73. The summed E-state index contributed by atoms with van der Waals surface area (Å²) in [4.78, 5) is 39.3. The van der Waals surface area contributed by atoms with Gasteiger partial charge >= 0.3 is 0 Å². The molecule has 6 nitrogen and oxygen atoms in total. The van der Waals surface area contributed by atoms with Crippen molar-refractivity contribution in [1.29, 1.82) is 0 Å². The third-order valence-electron chi connectivity index (χ3n) is 3.30. The summed E-state index contributed by atoms with van der Waals surface area (Å²) in [5.74, 6) is -1.17. The van der Waals surface area contributed by atoms with Crippen LogP contribution in [0.2, 0.25) is 0 Å². The van der Waals surface area contributed by atoms with Crippen molar-refractivity contribution in [2.24, 2.45) is 5.41 Å². The zero-order valence-corrected chi connectivity index (χ0v) is 13.1. The number of carbonyl (C=O) groups is 3. The van der Waals surface area contributed by atoms with Gasteiger partial charge in [-0.2, -0.15) is 0 Å².